The summed E-state index contributed by atoms with van der Waals surface area (Å²) in [6, 6.07) is 39.6. The molecule has 1 aliphatic carbocycles. The van der Waals surface area contributed by atoms with E-state index in [1.165, 1.54) is 97.0 Å². The largest absolute Gasteiger partial charge is 0.488 e. The van der Waals surface area contributed by atoms with Gasteiger partial charge in [0.05, 0.1) is 0 Å². The van der Waals surface area contributed by atoms with Crippen molar-refractivity contribution in [1.29, 1.82) is 0 Å². The van der Waals surface area contributed by atoms with Gasteiger partial charge in [-0.3, -0.25) is 0 Å². The van der Waals surface area contributed by atoms with E-state index in [-0.39, 0.29) is 0 Å². The van der Waals surface area contributed by atoms with Gasteiger partial charge in [-0.25, -0.2) is 0 Å². The van der Waals surface area contributed by atoms with Gasteiger partial charge in [0.1, 0.15) is 12.4 Å². The van der Waals surface area contributed by atoms with Crippen LogP contribution in [0, 0.1) is 6.92 Å². The summed E-state index contributed by atoms with van der Waals surface area (Å²) in [5.74, 6) is 0.970. The van der Waals surface area contributed by atoms with E-state index in [0.717, 1.165) is 18.6 Å². The van der Waals surface area contributed by atoms with Crippen LogP contribution >= 0.6 is 11.3 Å². The highest BCUT2D eigenvalue weighted by Gasteiger charge is 2.23. The summed E-state index contributed by atoms with van der Waals surface area (Å²) in [7, 11) is 0. The maximum absolute atomic E-state index is 6.15. The summed E-state index contributed by atoms with van der Waals surface area (Å²) in [5, 5.41) is 7.91. The van der Waals surface area contributed by atoms with E-state index in [4.69, 9.17) is 4.74 Å². The summed E-state index contributed by atoms with van der Waals surface area (Å²) in [4.78, 5) is 0. The number of ether oxygens (including phenoxy) is 1. The van der Waals surface area contributed by atoms with Crippen molar-refractivity contribution in [3.63, 3.8) is 0 Å². The zero-order chi connectivity index (χ0) is 33.8. The molecule has 1 aromatic heterocycles. The van der Waals surface area contributed by atoms with Crippen molar-refractivity contribution in [3.8, 4) is 16.9 Å². The molecule has 2 heteroatoms. The Bertz CT molecular complexity index is 2720. The minimum absolute atomic E-state index is 0.592. The predicted molar refractivity (Wildman–Crippen MR) is 218 cm³/mol. The van der Waals surface area contributed by atoms with Crippen LogP contribution in [0.4, 0.5) is 0 Å². The summed E-state index contributed by atoms with van der Waals surface area (Å²) in [5.41, 5.74) is 13.0. The lowest BCUT2D eigenvalue weighted by Crippen LogP contribution is -2.31. The van der Waals surface area contributed by atoms with Gasteiger partial charge in [0.25, 0.3) is 0 Å². The SMILES string of the molecule is C/C=c1/c(C2=CC(c3cc4c(sc5ccccc54)c(C)c3/C=C3\COc4ccccc43)=CCC2)c2ccccc2c(-c2ccccc2)/c1=C/C. The molecule has 0 amide bonds. The van der Waals surface area contributed by atoms with E-state index in [2.05, 4.69) is 160 Å². The third kappa shape index (κ3) is 4.89. The molecule has 0 radical (unpaired) electrons. The Morgan fingerprint density at radius 3 is 2.16 bits per heavy atom. The number of allylic oxidation sites excluding steroid dienone is 4. The fourth-order valence-electron chi connectivity index (χ4n) is 8.27. The van der Waals surface area contributed by atoms with Crippen LogP contribution in [0.5, 0.6) is 5.75 Å². The number of thiophene rings is 1. The van der Waals surface area contributed by atoms with Crippen LogP contribution in [-0.2, 0) is 0 Å². The van der Waals surface area contributed by atoms with Crippen molar-refractivity contribution in [1.82, 2.24) is 0 Å². The second-order valence-corrected chi connectivity index (χ2v) is 14.4. The molecule has 0 fully saturated rings. The Morgan fingerprint density at radius 1 is 0.680 bits per heavy atom. The van der Waals surface area contributed by atoms with E-state index in [0.29, 0.717) is 6.61 Å². The maximum atomic E-state index is 6.15. The topological polar surface area (TPSA) is 9.23 Å². The van der Waals surface area contributed by atoms with Gasteiger partial charge in [0.15, 0.2) is 0 Å². The Balaban J connectivity index is 1.30. The first-order valence-corrected chi connectivity index (χ1v) is 18.5. The van der Waals surface area contributed by atoms with Gasteiger partial charge in [-0.2, -0.15) is 0 Å². The first-order chi connectivity index (χ1) is 24.6. The average Bonchev–Trinajstić information content (AvgIpc) is 3.76. The minimum atomic E-state index is 0.592. The van der Waals surface area contributed by atoms with Crippen molar-refractivity contribution < 1.29 is 4.74 Å². The molecule has 0 saturated heterocycles. The second-order valence-electron chi connectivity index (χ2n) is 13.3. The summed E-state index contributed by atoms with van der Waals surface area (Å²) in [6.45, 7) is 7.28. The normalized spacial score (nSPS) is 15.9. The van der Waals surface area contributed by atoms with Gasteiger partial charge in [-0.1, -0.05) is 115 Å². The molecule has 50 heavy (non-hydrogen) atoms. The van der Waals surface area contributed by atoms with Gasteiger partial charge in [0, 0.05) is 31.3 Å². The third-order valence-electron chi connectivity index (χ3n) is 10.6. The van der Waals surface area contributed by atoms with Crippen LogP contribution in [-0.4, -0.2) is 6.61 Å². The van der Waals surface area contributed by atoms with Gasteiger partial charge in [0.2, 0.25) is 0 Å². The molecule has 9 rings (SSSR count). The molecule has 242 valence electrons. The summed E-state index contributed by atoms with van der Waals surface area (Å²) in [6.07, 6.45) is 14.0. The first kappa shape index (κ1) is 30.6. The third-order valence-corrected chi connectivity index (χ3v) is 11.9. The number of hydrogen-bond acceptors (Lipinski definition) is 2. The highest BCUT2D eigenvalue weighted by atomic mass is 32.1. The van der Waals surface area contributed by atoms with Crippen molar-refractivity contribution in [2.45, 2.75) is 33.6 Å². The molecule has 0 bridgehead atoms. The Hall–Kier alpha value is -5.44. The molecule has 2 aliphatic rings. The molecular formula is C48H38OS. The highest BCUT2D eigenvalue weighted by Crippen LogP contribution is 2.44. The van der Waals surface area contributed by atoms with E-state index >= 15 is 0 Å². The average molecular weight is 663 g/mol. The minimum Gasteiger partial charge on any atom is -0.488 e. The molecule has 2 heterocycles. The number of benzene rings is 6. The zero-order valence-corrected chi connectivity index (χ0v) is 29.5. The molecular weight excluding hydrogens is 625 g/mol. The molecule has 1 nitrogen and oxygen atoms in total. The molecule has 0 N–H and O–H groups in total. The van der Waals surface area contributed by atoms with Crippen molar-refractivity contribution in [2.75, 3.05) is 6.61 Å². The lowest BCUT2D eigenvalue weighted by Gasteiger charge is -2.21. The number of fused-ring (bicyclic) bond motifs is 5. The van der Waals surface area contributed by atoms with E-state index in [1.54, 1.807) is 0 Å². The molecule has 0 atom stereocenters. The second kappa shape index (κ2) is 12.5. The van der Waals surface area contributed by atoms with Crippen LogP contribution in [0.3, 0.4) is 0 Å². The van der Waals surface area contributed by atoms with Gasteiger partial charge in [-0.05, 0) is 124 Å². The van der Waals surface area contributed by atoms with Gasteiger partial charge in [-0.15, -0.1) is 11.3 Å². The van der Waals surface area contributed by atoms with Crippen molar-refractivity contribution in [3.05, 3.63) is 160 Å². The summed E-state index contributed by atoms with van der Waals surface area (Å²) < 4.78 is 8.85. The van der Waals surface area contributed by atoms with E-state index in [9.17, 15) is 0 Å². The monoisotopic (exact) mass is 662 g/mol. The maximum Gasteiger partial charge on any atom is 0.127 e. The number of rotatable bonds is 4. The Morgan fingerprint density at radius 2 is 1.36 bits per heavy atom. The number of hydrogen-bond donors (Lipinski definition) is 0. The molecule has 6 aromatic carbocycles. The van der Waals surface area contributed by atoms with Crippen molar-refractivity contribution >= 4 is 77.2 Å². The molecule has 7 aromatic rings. The zero-order valence-electron chi connectivity index (χ0n) is 28.7. The predicted octanol–water partition coefficient (Wildman–Crippen LogP) is 12.0. The van der Waals surface area contributed by atoms with Crippen LogP contribution in [0.2, 0.25) is 0 Å². The fourth-order valence-corrected chi connectivity index (χ4v) is 9.47. The quantitative estimate of drug-likeness (QED) is 0.182. The smallest absolute Gasteiger partial charge is 0.127 e. The van der Waals surface area contributed by atoms with Gasteiger partial charge >= 0.3 is 0 Å². The van der Waals surface area contributed by atoms with Crippen LogP contribution in [0.25, 0.3) is 77.0 Å². The van der Waals surface area contributed by atoms with E-state index < -0.39 is 0 Å². The number of para-hydroxylation sites is 1. The standard InChI is InChI=1S/C48H38OS/c1-4-35-36(5-2)47(40-23-10-9-22-39(40)46(35)31-16-7-6-8-17-31)33-19-15-18-32(26-33)42-28-43-38-21-12-14-25-45(38)50-48(43)30(3)41(42)27-34-29-49-44-24-13-11-20-37(34)44/h4-14,16-18,20-28H,15,19,29H2,1-3H3/b34-27+,35-4+,36-5+. The first-order valence-electron chi connectivity index (χ1n) is 17.7. The Labute approximate surface area is 297 Å². The Kier molecular flexibility index (Phi) is 7.63. The lowest BCUT2D eigenvalue weighted by atomic mass is 9.82. The van der Waals surface area contributed by atoms with Crippen LogP contribution in [0.1, 0.15) is 54.5 Å². The molecule has 0 saturated carbocycles. The van der Waals surface area contributed by atoms with Crippen molar-refractivity contribution in [2.24, 2.45) is 0 Å². The van der Waals surface area contributed by atoms with Crippen LogP contribution < -0.4 is 15.2 Å². The fraction of sp³-hybridized carbons (Fsp3) is 0.125. The molecule has 0 unspecified atom stereocenters. The van der Waals surface area contributed by atoms with Gasteiger partial charge < -0.3 is 4.74 Å². The molecule has 0 spiro atoms. The van der Waals surface area contributed by atoms with E-state index in [1.807, 2.05) is 11.3 Å². The molecule has 1 aliphatic heterocycles. The lowest BCUT2D eigenvalue weighted by molar-refractivity contribution is 0.389. The summed E-state index contributed by atoms with van der Waals surface area (Å²) >= 11 is 1.91. The highest BCUT2D eigenvalue weighted by molar-refractivity contribution is 7.26. The number of aryl methyl sites for hydroxylation is 1. The van der Waals surface area contributed by atoms with Crippen LogP contribution in [0.15, 0.2) is 121 Å².